The first kappa shape index (κ1) is 15.6. The number of piperidine rings is 1. The second-order valence-corrected chi connectivity index (χ2v) is 7.68. The summed E-state index contributed by atoms with van der Waals surface area (Å²) in [5.74, 6) is 1.27. The van der Waals surface area contributed by atoms with Gasteiger partial charge in [-0.2, -0.15) is 5.10 Å². The van der Waals surface area contributed by atoms with Gasteiger partial charge in [0, 0.05) is 24.8 Å². The second-order valence-electron chi connectivity index (χ2n) is 7.68. The maximum absolute atomic E-state index is 4.63. The maximum Gasteiger partial charge on any atom is 0.0543 e. The SMILES string of the molecule is CC(C)C(C)c1cnn(C2CCN(C(C)(C)C)CC2)c1. The quantitative estimate of drug-likeness (QED) is 0.830. The third-order valence-corrected chi connectivity index (χ3v) is 4.93. The summed E-state index contributed by atoms with van der Waals surface area (Å²) in [6.07, 6.45) is 6.78. The molecule has 3 heteroatoms. The Kier molecular flexibility index (Phi) is 4.58. The predicted octanol–water partition coefficient (Wildman–Crippen LogP) is 4.08. The van der Waals surface area contributed by atoms with Crippen LogP contribution in [0, 0.1) is 5.92 Å². The number of likely N-dealkylation sites (tertiary alicyclic amines) is 1. The minimum absolute atomic E-state index is 0.298. The van der Waals surface area contributed by atoms with Crippen LogP contribution in [-0.4, -0.2) is 33.3 Å². The monoisotopic (exact) mass is 277 g/mol. The fourth-order valence-corrected chi connectivity index (χ4v) is 2.97. The molecule has 1 aliphatic rings. The lowest BCUT2D eigenvalue weighted by Crippen LogP contribution is -2.46. The van der Waals surface area contributed by atoms with E-state index in [1.807, 2.05) is 0 Å². The third-order valence-electron chi connectivity index (χ3n) is 4.93. The van der Waals surface area contributed by atoms with E-state index < -0.39 is 0 Å². The highest BCUT2D eigenvalue weighted by atomic mass is 15.3. The number of aromatic nitrogens is 2. The maximum atomic E-state index is 4.63. The highest BCUT2D eigenvalue weighted by Gasteiger charge is 2.28. The summed E-state index contributed by atoms with van der Waals surface area (Å²) in [6, 6.07) is 0.585. The molecular weight excluding hydrogens is 246 g/mol. The van der Waals surface area contributed by atoms with E-state index in [2.05, 4.69) is 68.6 Å². The molecule has 1 atom stereocenters. The molecule has 0 amide bonds. The molecule has 0 bridgehead atoms. The molecule has 1 aliphatic heterocycles. The van der Waals surface area contributed by atoms with Gasteiger partial charge in [0.2, 0.25) is 0 Å². The van der Waals surface area contributed by atoms with Gasteiger partial charge in [0.1, 0.15) is 0 Å². The highest BCUT2D eigenvalue weighted by molar-refractivity contribution is 5.11. The normalized spacial score (nSPS) is 20.6. The van der Waals surface area contributed by atoms with Gasteiger partial charge in [-0.05, 0) is 51.0 Å². The summed E-state index contributed by atoms with van der Waals surface area (Å²) >= 11 is 0. The Bertz CT molecular complexity index is 420. The minimum atomic E-state index is 0.298. The second kappa shape index (κ2) is 5.88. The van der Waals surface area contributed by atoms with Gasteiger partial charge in [-0.15, -0.1) is 0 Å². The molecule has 0 N–H and O–H groups in total. The zero-order valence-electron chi connectivity index (χ0n) is 14.1. The van der Waals surface area contributed by atoms with Crippen LogP contribution in [0.2, 0.25) is 0 Å². The van der Waals surface area contributed by atoms with Crippen LogP contribution >= 0.6 is 0 Å². The lowest BCUT2D eigenvalue weighted by atomic mass is 9.93. The zero-order valence-corrected chi connectivity index (χ0v) is 14.1. The van der Waals surface area contributed by atoms with Crippen molar-refractivity contribution in [3.05, 3.63) is 18.0 Å². The fourth-order valence-electron chi connectivity index (χ4n) is 2.97. The molecule has 0 radical (unpaired) electrons. The summed E-state index contributed by atoms with van der Waals surface area (Å²) in [7, 11) is 0. The van der Waals surface area contributed by atoms with Gasteiger partial charge in [-0.25, -0.2) is 0 Å². The van der Waals surface area contributed by atoms with E-state index in [4.69, 9.17) is 0 Å². The van der Waals surface area contributed by atoms with Crippen LogP contribution in [0.4, 0.5) is 0 Å². The topological polar surface area (TPSA) is 21.1 Å². The number of hydrogen-bond donors (Lipinski definition) is 0. The van der Waals surface area contributed by atoms with E-state index in [1.165, 1.54) is 31.5 Å². The van der Waals surface area contributed by atoms with Crippen molar-refractivity contribution < 1.29 is 0 Å². The van der Waals surface area contributed by atoms with Gasteiger partial charge in [0.25, 0.3) is 0 Å². The summed E-state index contributed by atoms with van der Waals surface area (Å²) in [5.41, 5.74) is 1.69. The summed E-state index contributed by atoms with van der Waals surface area (Å²) in [6.45, 7) is 16.2. The van der Waals surface area contributed by atoms with Crippen molar-refractivity contribution in [3.8, 4) is 0 Å². The van der Waals surface area contributed by atoms with E-state index in [9.17, 15) is 0 Å². The molecule has 1 unspecified atom stereocenters. The molecule has 1 fully saturated rings. The van der Waals surface area contributed by atoms with Crippen molar-refractivity contribution in [1.29, 1.82) is 0 Å². The average molecular weight is 277 g/mol. The molecule has 1 saturated heterocycles. The summed E-state index contributed by atoms with van der Waals surface area (Å²) in [5, 5.41) is 4.63. The Morgan fingerprint density at radius 1 is 1.15 bits per heavy atom. The highest BCUT2D eigenvalue weighted by Crippen LogP contribution is 2.29. The predicted molar refractivity (Wildman–Crippen MR) is 85.1 cm³/mol. The summed E-state index contributed by atoms with van der Waals surface area (Å²) < 4.78 is 2.22. The molecule has 1 aromatic heterocycles. The lowest BCUT2D eigenvalue weighted by Gasteiger charge is -2.40. The van der Waals surface area contributed by atoms with Crippen LogP contribution in [0.25, 0.3) is 0 Å². The molecule has 0 spiro atoms. The van der Waals surface area contributed by atoms with Gasteiger partial charge in [-0.1, -0.05) is 20.8 Å². The molecule has 1 aromatic rings. The molecule has 2 heterocycles. The first-order chi connectivity index (χ1) is 9.29. The summed E-state index contributed by atoms with van der Waals surface area (Å²) in [4.78, 5) is 2.59. The van der Waals surface area contributed by atoms with Crippen molar-refractivity contribution in [1.82, 2.24) is 14.7 Å². The van der Waals surface area contributed by atoms with E-state index in [-0.39, 0.29) is 0 Å². The molecule has 20 heavy (non-hydrogen) atoms. The number of rotatable bonds is 3. The van der Waals surface area contributed by atoms with E-state index >= 15 is 0 Å². The molecular formula is C17H31N3. The zero-order chi connectivity index (χ0) is 14.9. The molecule has 0 aliphatic carbocycles. The molecule has 3 nitrogen and oxygen atoms in total. The Balaban J connectivity index is 1.98. The standard InChI is InChI=1S/C17H31N3/c1-13(2)14(3)15-11-18-20(12-15)16-7-9-19(10-8-16)17(4,5)6/h11-14,16H,7-10H2,1-6H3. The van der Waals surface area contributed by atoms with Gasteiger partial charge in [-0.3, -0.25) is 9.58 Å². The van der Waals surface area contributed by atoms with Gasteiger partial charge in [0.15, 0.2) is 0 Å². The average Bonchev–Trinajstić information content (AvgIpc) is 2.86. The Morgan fingerprint density at radius 2 is 1.75 bits per heavy atom. The van der Waals surface area contributed by atoms with E-state index in [0.717, 1.165) is 0 Å². The van der Waals surface area contributed by atoms with E-state index in [0.29, 0.717) is 23.4 Å². The fraction of sp³-hybridized carbons (Fsp3) is 0.824. The Hall–Kier alpha value is -0.830. The first-order valence-corrected chi connectivity index (χ1v) is 8.08. The lowest BCUT2D eigenvalue weighted by molar-refractivity contribution is 0.0870. The van der Waals surface area contributed by atoms with Gasteiger partial charge < -0.3 is 0 Å². The van der Waals surface area contributed by atoms with Gasteiger partial charge >= 0.3 is 0 Å². The first-order valence-electron chi connectivity index (χ1n) is 8.08. The van der Waals surface area contributed by atoms with Crippen molar-refractivity contribution in [2.24, 2.45) is 5.92 Å². The van der Waals surface area contributed by atoms with E-state index in [1.54, 1.807) is 0 Å². The van der Waals surface area contributed by atoms with Crippen molar-refractivity contribution in [2.75, 3.05) is 13.1 Å². The minimum Gasteiger partial charge on any atom is -0.298 e. The van der Waals surface area contributed by atoms with Crippen molar-refractivity contribution >= 4 is 0 Å². The van der Waals surface area contributed by atoms with Crippen molar-refractivity contribution in [2.45, 2.75) is 71.9 Å². The smallest absolute Gasteiger partial charge is 0.0543 e. The molecule has 2 rings (SSSR count). The van der Waals surface area contributed by atoms with Gasteiger partial charge in [0.05, 0.1) is 12.2 Å². The third kappa shape index (κ3) is 3.43. The Morgan fingerprint density at radius 3 is 2.25 bits per heavy atom. The number of hydrogen-bond acceptors (Lipinski definition) is 2. The molecule has 0 saturated carbocycles. The molecule has 114 valence electrons. The van der Waals surface area contributed by atoms with Crippen LogP contribution in [0.3, 0.4) is 0 Å². The van der Waals surface area contributed by atoms with Crippen LogP contribution < -0.4 is 0 Å². The van der Waals surface area contributed by atoms with Crippen LogP contribution in [0.15, 0.2) is 12.4 Å². The number of nitrogens with zero attached hydrogens (tertiary/aromatic N) is 3. The van der Waals surface area contributed by atoms with Crippen LogP contribution in [-0.2, 0) is 0 Å². The molecule has 0 aromatic carbocycles. The van der Waals surface area contributed by atoms with Crippen LogP contribution in [0.1, 0.15) is 71.9 Å². The van der Waals surface area contributed by atoms with Crippen LogP contribution in [0.5, 0.6) is 0 Å². The Labute approximate surface area is 124 Å². The largest absolute Gasteiger partial charge is 0.298 e. The van der Waals surface area contributed by atoms with Crippen molar-refractivity contribution in [3.63, 3.8) is 0 Å².